The van der Waals surface area contributed by atoms with E-state index in [1.807, 2.05) is 0 Å². The van der Waals surface area contributed by atoms with Gasteiger partial charge in [-0.05, 0) is 49.9 Å². The summed E-state index contributed by atoms with van der Waals surface area (Å²) in [4.78, 5) is 5.34. The van der Waals surface area contributed by atoms with Gasteiger partial charge in [0.25, 0.3) is 0 Å². The Morgan fingerprint density at radius 1 is 1.05 bits per heavy atom. The average molecular weight is 258 g/mol. The second-order valence-electron chi connectivity index (χ2n) is 5.93. The largest absolute Gasteiger partial charge is 0.302 e. The van der Waals surface area contributed by atoms with Crippen molar-refractivity contribution in [2.24, 2.45) is 0 Å². The summed E-state index contributed by atoms with van der Waals surface area (Å²) in [7, 11) is 0. The number of hydrogen-bond donors (Lipinski definition) is 0. The molecule has 0 amide bonds. The maximum absolute atomic E-state index is 2.74. The van der Waals surface area contributed by atoms with Gasteiger partial charge >= 0.3 is 0 Å². The van der Waals surface area contributed by atoms with Crippen LogP contribution >= 0.6 is 0 Å². The highest BCUT2D eigenvalue weighted by atomic mass is 15.2. The monoisotopic (exact) mass is 258 g/mol. The maximum atomic E-state index is 2.74. The summed E-state index contributed by atoms with van der Waals surface area (Å²) in [5, 5.41) is 0. The van der Waals surface area contributed by atoms with Gasteiger partial charge in [0.1, 0.15) is 0 Å². The molecular formula is C17H26N2. The Balaban J connectivity index is 1.76. The molecule has 1 aliphatic carbocycles. The lowest BCUT2D eigenvalue weighted by atomic mass is 9.87. The average Bonchev–Trinajstić information content (AvgIpc) is 2.72. The van der Waals surface area contributed by atoms with Crippen LogP contribution in [-0.4, -0.2) is 42.5 Å². The molecule has 19 heavy (non-hydrogen) atoms. The van der Waals surface area contributed by atoms with E-state index in [1.54, 1.807) is 11.1 Å². The number of hydrogen-bond acceptors (Lipinski definition) is 2. The van der Waals surface area contributed by atoms with Crippen molar-refractivity contribution in [3.05, 3.63) is 35.4 Å². The molecule has 0 aromatic heterocycles. The van der Waals surface area contributed by atoms with E-state index in [1.165, 1.54) is 58.4 Å². The Kier molecular flexibility index (Phi) is 4.19. The van der Waals surface area contributed by atoms with Gasteiger partial charge in [-0.1, -0.05) is 31.2 Å². The lowest BCUT2D eigenvalue weighted by Crippen LogP contribution is -2.35. The molecule has 104 valence electrons. The molecule has 0 radical (unpaired) electrons. The lowest BCUT2D eigenvalue weighted by Gasteiger charge is -2.35. The van der Waals surface area contributed by atoms with Crippen molar-refractivity contribution >= 4 is 0 Å². The van der Waals surface area contributed by atoms with Crippen molar-refractivity contribution in [1.82, 2.24) is 9.80 Å². The van der Waals surface area contributed by atoms with Crippen LogP contribution in [0.2, 0.25) is 0 Å². The summed E-state index contributed by atoms with van der Waals surface area (Å²) in [6.07, 6.45) is 5.31. The molecule has 1 atom stereocenters. The number of aryl methyl sites for hydroxylation is 1. The van der Waals surface area contributed by atoms with Crippen molar-refractivity contribution in [2.45, 2.75) is 38.6 Å². The summed E-state index contributed by atoms with van der Waals surface area (Å²) >= 11 is 0. The summed E-state index contributed by atoms with van der Waals surface area (Å²) < 4.78 is 0. The number of rotatable bonds is 2. The Morgan fingerprint density at radius 3 is 2.84 bits per heavy atom. The molecule has 0 bridgehead atoms. The molecule has 1 heterocycles. The first kappa shape index (κ1) is 13.1. The van der Waals surface area contributed by atoms with Crippen molar-refractivity contribution in [3.63, 3.8) is 0 Å². The Labute approximate surface area is 117 Å². The SMILES string of the molecule is CCN1CCCN([C@H]2CCCc3ccccc32)CC1. The van der Waals surface area contributed by atoms with E-state index < -0.39 is 0 Å². The quantitative estimate of drug-likeness (QED) is 0.804. The molecule has 2 aliphatic rings. The first-order valence-electron chi connectivity index (χ1n) is 7.92. The number of benzene rings is 1. The van der Waals surface area contributed by atoms with Gasteiger partial charge in [-0.25, -0.2) is 0 Å². The molecule has 1 aromatic rings. The zero-order valence-electron chi connectivity index (χ0n) is 12.1. The van der Waals surface area contributed by atoms with Gasteiger partial charge in [-0.2, -0.15) is 0 Å². The zero-order chi connectivity index (χ0) is 13.1. The van der Waals surface area contributed by atoms with Crippen LogP contribution in [0.1, 0.15) is 43.4 Å². The molecule has 2 nitrogen and oxygen atoms in total. The standard InChI is InChI=1S/C17H26N2/c1-2-18-11-6-12-19(14-13-18)17-10-5-8-15-7-3-4-9-16(15)17/h3-4,7,9,17H,2,5-6,8,10-14H2,1H3/t17-/m0/s1. The molecule has 0 spiro atoms. The fourth-order valence-electron chi connectivity index (χ4n) is 3.73. The Hall–Kier alpha value is -0.860. The smallest absolute Gasteiger partial charge is 0.0351 e. The van der Waals surface area contributed by atoms with E-state index >= 15 is 0 Å². The van der Waals surface area contributed by atoms with Gasteiger partial charge in [0, 0.05) is 25.7 Å². The molecule has 1 saturated heterocycles. The Bertz CT molecular complexity index is 415. The summed E-state index contributed by atoms with van der Waals surface area (Å²) in [6, 6.07) is 9.79. The van der Waals surface area contributed by atoms with Crippen LogP contribution < -0.4 is 0 Å². The summed E-state index contributed by atoms with van der Waals surface area (Å²) in [5.41, 5.74) is 3.20. The van der Waals surface area contributed by atoms with E-state index in [2.05, 4.69) is 41.0 Å². The summed E-state index contributed by atoms with van der Waals surface area (Å²) in [6.45, 7) is 8.53. The first-order chi connectivity index (χ1) is 9.38. The minimum atomic E-state index is 0.682. The molecule has 1 fully saturated rings. The minimum Gasteiger partial charge on any atom is -0.302 e. The second-order valence-corrected chi connectivity index (χ2v) is 5.93. The van der Waals surface area contributed by atoms with Crippen LogP contribution in [0, 0.1) is 0 Å². The third-order valence-corrected chi connectivity index (χ3v) is 4.85. The normalized spacial score (nSPS) is 25.8. The number of fused-ring (bicyclic) bond motifs is 1. The molecule has 1 aliphatic heterocycles. The zero-order valence-corrected chi connectivity index (χ0v) is 12.1. The molecule has 3 rings (SSSR count). The van der Waals surface area contributed by atoms with Gasteiger partial charge in [0.15, 0.2) is 0 Å². The van der Waals surface area contributed by atoms with Crippen molar-refractivity contribution in [1.29, 1.82) is 0 Å². The fraction of sp³-hybridized carbons (Fsp3) is 0.647. The van der Waals surface area contributed by atoms with Crippen LogP contribution in [-0.2, 0) is 6.42 Å². The highest BCUT2D eigenvalue weighted by Crippen LogP contribution is 2.34. The van der Waals surface area contributed by atoms with Crippen LogP contribution in [0.25, 0.3) is 0 Å². The third kappa shape index (κ3) is 2.85. The van der Waals surface area contributed by atoms with E-state index in [-0.39, 0.29) is 0 Å². The molecular weight excluding hydrogens is 232 g/mol. The second kappa shape index (κ2) is 6.06. The predicted molar refractivity (Wildman–Crippen MR) is 80.4 cm³/mol. The van der Waals surface area contributed by atoms with Gasteiger partial charge in [0.2, 0.25) is 0 Å². The van der Waals surface area contributed by atoms with Crippen LogP contribution in [0.4, 0.5) is 0 Å². The van der Waals surface area contributed by atoms with Crippen LogP contribution in [0.5, 0.6) is 0 Å². The minimum absolute atomic E-state index is 0.682. The van der Waals surface area contributed by atoms with Gasteiger partial charge in [0.05, 0.1) is 0 Å². The van der Waals surface area contributed by atoms with Gasteiger partial charge in [-0.3, -0.25) is 4.90 Å². The van der Waals surface area contributed by atoms with Gasteiger partial charge < -0.3 is 4.90 Å². The summed E-state index contributed by atoms with van der Waals surface area (Å²) in [5.74, 6) is 0. The molecule has 0 N–H and O–H groups in total. The van der Waals surface area contributed by atoms with Crippen molar-refractivity contribution in [3.8, 4) is 0 Å². The van der Waals surface area contributed by atoms with E-state index in [9.17, 15) is 0 Å². The van der Waals surface area contributed by atoms with E-state index in [4.69, 9.17) is 0 Å². The molecule has 2 heteroatoms. The molecule has 0 saturated carbocycles. The first-order valence-corrected chi connectivity index (χ1v) is 7.92. The number of nitrogens with zero attached hydrogens (tertiary/aromatic N) is 2. The lowest BCUT2D eigenvalue weighted by molar-refractivity contribution is 0.182. The van der Waals surface area contributed by atoms with E-state index in [0.717, 1.165) is 0 Å². The van der Waals surface area contributed by atoms with Crippen LogP contribution in [0.15, 0.2) is 24.3 Å². The van der Waals surface area contributed by atoms with Crippen molar-refractivity contribution in [2.75, 3.05) is 32.7 Å². The molecule has 0 unspecified atom stereocenters. The van der Waals surface area contributed by atoms with Gasteiger partial charge in [-0.15, -0.1) is 0 Å². The van der Waals surface area contributed by atoms with Crippen LogP contribution in [0.3, 0.4) is 0 Å². The van der Waals surface area contributed by atoms with Crippen molar-refractivity contribution < 1.29 is 0 Å². The number of likely N-dealkylation sites (N-methyl/N-ethyl adjacent to an activating group) is 1. The Morgan fingerprint density at radius 2 is 1.95 bits per heavy atom. The predicted octanol–water partition coefficient (Wildman–Crippen LogP) is 3.09. The highest BCUT2D eigenvalue weighted by Gasteiger charge is 2.26. The molecule has 1 aromatic carbocycles. The van der Waals surface area contributed by atoms with E-state index in [0.29, 0.717) is 6.04 Å². The maximum Gasteiger partial charge on any atom is 0.0351 e. The third-order valence-electron chi connectivity index (χ3n) is 4.85. The topological polar surface area (TPSA) is 6.48 Å². The highest BCUT2D eigenvalue weighted by molar-refractivity contribution is 5.32. The fourth-order valence-corrected chi connectivity index (χ4v) is 3.73.